The van der Waals surface area contributed by atoms with Crippen LogP contribution in [0.25, 0.3) is 167 Å². The maximum atomic E-state index is 10.5. The summed E-state index contributed by atoms with van der Waals surface area (Å²) in [7, 11) is 0. The molecule has 3 aromatic heterocycles. The van der Waals surface area contributed by atoms with Crippen molar-refractivity contribution in [1.82, 2.24) is 24.1 Å². The molecular weight excluding hydrogens is 1190 g/mol. The molecule has 0 amide bonds. The Hall–Kier alpha value is -13.8. The summed E-state index contributed by atoms with van der Waals surface area (Å²) >= 11 is 0. The third-order valence-corrected chi connectivity index (χ3v) is 18.7. The summed E-state index contributed by atoms with van der Waals surface area (Å²) < 4.78 is 4.68. The molecule has 454 valence electrons. The van der Waals surface area contributed by atoms with Crippen molar-refractivity contribution in [2.24, 2.45) is 0 Å². The van der Waals surface area contributed by atoms with Gasteiger partial charge in [-0.2, -0.15) is 15.8 Å². The first-order valence-electron chi connectivity index (χ1n) is 32.5. The van der Waals surface area contributed by atoms with Gasteiger partial charge in [0.1, 0.15) is 0 Å². The van der Waals surface area contributed by atoms with Crippen LogP contribution in [0.2, 0.25) is 0 Å². The highest BCUT2D eigenvalue weighted by molar-refractivity contribution is 6.14. The minimum Gasteiger partial charge on any atom is -0.309 e. The Balaban J connectivity index is 0.892. The number of rotatable bonds is 12. The summed E-state index contributed by atoms with van der Waals surface area (Å²) in [5, 5.41) is 35.7. The maximum absolute atomic E-state index is 10.5. The van der Waals surface area contributed by atoms with Gasteiger partial charge in [0.15, 0.2) is 17.5 Å². The van der Waals surface area contributed by atoms with Crippen LogP contribution in [0, 0.1) is 34.0 Å². The standard InChI is InChI=1S/C90H54N8/c91-55-58-18-15-29-68(46-58)76-53-72(38-44-82(76)97-84-40-34-64(60-20-5-1-6-21-60)49-78(84)79-50-65(35-41-85(79)97)61-22-7-2-8-23-61)89-94-88(71-32-17-31-70(48-71)75-33-14-13-28-74(75)57-93)95-90(96-89)73-39-45-83(77(54-73)69-30-16-19-59(47-69)56-92)98-86-42-36-66(62-24-9-3-10-25-62)51-80(86)81-52-67(37-43-87(81)98)63-26-11-4-12-27-63/h1-54H. The van der Waals surface area contributed by atoms with E-state index in [0.717, 1.165) is 138 Å². The quantitative estimate of drug-likeness (QED) is 0.120. The fourth-order valence-electron chi connectivity index (χ4n) is 13.9. The van der Waals surface area contributed by atoms with Gasteiger partial charge in [-0.3, -0.25) is 0 Å². The van der Waals surface area contributed by atoms with E-state index in [9.17, 15) is 15.8 Å². The molecule has 0 aliphatic heterocycles. The highest BCUT2D eigenvalue weighted by Crippen LogP contribution is 2.44. The van der Waals surface area contributed by atoms with Crippen LogP contribution in [0.5, 0.6) is 0 Å². The minimum atomic E-state index is 0.419. The molecule has 0 bridgehead atoms. The van der Waals surface area contributed by atoms with Crippen LogP contribution in [0.3, 0.4) is 0 Å². The van der Waals surface area contributed by atoms with E-state index in [1.54, 1.807) is 0 Å². The van der Waals surface area contributed by atoms with Gasteiger partial charge in [0.05, 0.1) is 68.3 Å². The molecule has 0 fully saturated rings. The molecule has 3 heterocycles. The van der Waals surface area contributed by atoms with Crippen molar-refractivity contribution in [2.75, 3.05) is 0 Å². The molecule has 98 heavy (non-hydrogen) atoms. The van der Waals surface area contributed by atoms with Crippen molar-refractivity contribution in [1.29, 1.82) is 15.8 Å². The van der Waals surface area contributed by atoms with E-state index < -0.39 is 0 Å². The Morgan fingerprint density at radius 3 is 0.888 bits per heavy atom. The predicted molar refractivity (Wildman–Crippen MR) is 397 cm³/mol. The maximum Gasteiger partial charge on any atom is 0.164 e. The van der Waals surface area contributed by atoms with Crippen molar-refractivity contribution >= 4 is 43.6 Å². The van der Waals surface area contributed by atoms with Crippen molar-refractivity contribution in [3.05, 3.63) is 344 Å². The lowest BCUT2D eigenvalue weighted by atomic mass is 9.97. The number of aromatic nitrogens is 5. The lowest BCUT2D eigenvalue weighted by Crippen LogP contribution is -2.03. The Morgan fingerprint density at radius 1 is 0.214 bits per heavy atom. The monoisotopic (exact) mass is 1250 g/mol. The second-order valence-electron chi connectivity index (χ2n) is 24.5. The van der Waals surface area contributed by atoms with Crippen LogP contribution in [-0.4, -0.2) is 24.1 Å². The average molecular weight is 1250 g/mol. The number of hydrogen-bond donors (Lipinski definition) is 0. The molecule has 0 unspecified atom stereocenters. The zero-order valence-electron chi connectivity index (χ0n) is 52.8. The first-order chi connectivity index (χ1) is 48.4. The molecule has 0 aliphatic rings. The van der Waals surface area contributed by atoms with Crippen molar-refractivity contribution in [2.45, 2.75) is 0 Å². The van der Waals surface area contributed by atoms with Gasteiger partial charge in [0.2, 0.25) is 0 Å². The van der Waals surface area contributed by atoms with E-state index in [2.05, 4.69) is 246 Å². The number of nitrogens with zero attached hydrogens (tertiary/aromatic N) is 8. The van der Waals surface area contributed by atoms with Gasteiger partial charge in [-0.25, -0.2) is 15.0 Å². The van der Waals surface area contributed by atoms with Gasteiger partial charge in [0, 0.05) is 49.4 Å². The Bertz CT molecular complexity index is 5630. The SMILES string of the molecule is N#Cc1cccc(-c2cc(-c3nc(-c4cccc(-c5ccccc5C#N)c4)nc(-c4ccc(-n5c6ccc(-c7ccccc7)cc6c6cc(-c7ccccc7)ccc65)c(-c5cccc(C#N)c5)c4)n3)ccc2-n2c3ccc(-c4ccccc4)cc3c3cc(-c4ccccc4)ccc32)c1. The normalized spacial score (nSPS) is 11.2. The second kappa shape index (κ2) is 24.6. The van der Waals surface area contributed by atoms with Gasteiger partial charge in [0.25, 0.3) is 0 Å². The molecule has 17 aromatic rings. The smallest absolute Gasteiger partial charge is 0.164 e. The van der Waals surface area contributed by atoms with E-state index in [1.807, 2.05) is 109 Å². The molecule has 0 spiro atoms. The molecule has 0 saturated heterocycles. The van der Waals surface area contributed by atoms with Gasteiger partial charge < -0.3 is 9.13 Å². The summed E-state index contributed by atoms with van der Waals surface area (Å²) in [4.78, 5) is 16.3. The molecule has 17 rings (SSSR count). The van der Waals surface area contributed by atoms with Crippen molar-refractivity contribution < 1.29 is 0 Å². The molecule has 8 heteroatoms. The summed E-state index contributed by atoms with van der Waals surface area (Å²) in [6.07, 6.45) is 0. The molecule has 0 N–H and O–H groups in total. The summed E-state index contributed by atoms with van der Waals surface area (Å²) in [5.41, 5.74) is 23.6. The van der Waals surface area contributed by atoms with E-state index in [1.165, 1.54) is 0 Å². The van der Waals surface area contributed by atoms with Crippen LogP contribution in [0.4, 0.5) is 0 Å². The van der Waals surface area contributed by atoms with E-state index in [-0.39, 0.29) is 0 Å². The van der Waals surface area contributed by atoms with Crippen LogP contribution in [-0.2, 0) is 0 Å². The van der Waals surface area contributed by atoms with Crippen LogP contribution >= 0.6 is 0 Å². The number of benzene rings is 14. The molecule has 0 aliphatic carbocycles. The highest BCUT2D eigenvalue weighted by atomic mass is 15.0. The molecule has 14 aromatic carbocycles. The number of fused-ring (bicyclic) bond motifs is 6. The van der Waals surface area contributed by atoms with E-state index in [4.69, 9.17) is 15.0 Å². The summed E-state index contributed by atoms with van der Waals surface area (Å²) in [6, 6.07) is 120. The molecule has 0 atom stereocenters. The zero-order valence-corrected chi connectivity index (χ0v) is 52.8. The van der Waals surface area contributed by atoms with Crippen molar-refractivity contribution in [3.63, 3.8) is 0 Å². The summed E-state index contributed by atoms with van der Waals surface area (Å²) in [5.74, 6) is 1.26. The first-order valence-corrected chi connectivity index (χ1v) is 32.5. The highest BCUT2D eigenvalue weighted by Gasteiger charge is 2.24. The zero-order chi connectivity index (χ0) is 65.6. The fourth-order valence-corrected chi connectivity index (χ4v) is 13.9. The largest absolute Gasteiger partial charge is 0.309 e. The number of hydrogen-bond acceptors (Lipinski definition) is 6. The van der Waals surface area contributed by atoms with Crippen LogP contribution in [0.1, 0.15) is 16.7 Å². The van der Waals surface area contributed by atoms with Crippen LogP contribution in [0.15, 0.2) is 328 Å². The van der Waals surface area contributed by atoms with Gasteiger partial charge in [-0.05, 0) is 188 Å². The van der Waals surface area contributed by atoms with E-state index in [0.29, 0.717) is 45.3 Å². The fraction of sp³-hybridized carbons (Fsp3) is 0. The van der Waals surface area contributed by atoms with E-state index >= 15 is 0 Å². The lowest BCUT2D eigenvalue weighted by Gasteiger charge is -2.18. The van der Waals surface area contributed by atoms with Crippen molar-refractivity contribution in [3.8, 4) is 142 Å². The topological polar surface area (TPSA) is 120 Å². The summed E-state index contributed by atoms with van der Waals surface area (Å²) in [6.45, 7) is 0. The minimum absolute atomic E-state index is 0.419. The number of nitriles is 3. The third kappa shape index (κ3) is 10.5. The first kappa shape index (κ1) is 58.0. The Morgan fingerprint density at radius 2 is 0.520 bits per heavy atom. The Labute approximate surface area is 566 Å². The van der Waals surface area contributed by atoms with Crippen LogP contribution < -0.4 is 0 Å². The van der Waals surface area contributed by atoms with Gasteiger partial charge in [-0.1, -0.05) is 206 Å². The van der Waals surface area contributed by atoms with Gasteiger partial charge >= 0.3 is 0 Å². The van der Waals surface area contributed by atoms with Gasteiger partial charge in [-0.15, -0.1) is 0 Å². The molecular formula is C90H54N8. The predicted octanol–water partition coefficient (Wildman–Crippen LogP) is 22.4. The molecule has 8 nitrogen and oxygen atoms in total. The Kier molecular flexibility index (Phi) is 14.5. The average Bonchev–Trinajstić information content (AvgIpc) is 1.58. The lowest BCUT2D eigenvalue weighted by molar-refractivity contribution is 1.07. The second-order valence-corrected chi connectivity index (χ2v) is 24.5. The third-order valence-electron chi connectivity index (χ3n) is 18.7. The molecule has 0 radical (unpaired) electrons. The molecule has 0 saturated carbocycles.